The van der Waals surface area contributed by atoms with E-state index < -0.39 is 0 Å². The monoisotopic (exact) mass is 290 g/mol. The molecule has 1 aliphatic heterocycles. The number of nitrogens with one attached hydrogen (secondary N) is 1. The lowest BCUT2D eigenvalue weighted by Gasteiger charge is -2.18. The number of benzene rings is 1. The highest BCUT2D eigenvalue weighted by molar-refractivity contribution is 6.04. The van der Waals surface area contributed by atoms with Gasteiger partial charge in [-0.15, -0.1) is 0 Å². The number of carbonyl (C=O) groups is 1. The second-order valence-corrected chi connectivity index (χ2v) is 5.22. The molecule has 0 unspecified atom stereocenters. The molecule has 0 radical (unpaired) electrons. The zero-order valence-corrected chi connectivity index (χ0v) is 11.9. The molecule has 5 heteroatoms. The third-order valence-electron chi connectivity index (χ3n) is 3.80. The van der Waals surface area contributed by atoms with Crippen molar-refractivity contribution in [3.05, 3.63) is 60.6 Å². The first-order valence-electron chi connectivity index (χ1n) is 7.18. The number of carbonyl (C=O) groups excluding carboxylic acids is 1. The first-order chi connectivity index (χ1) is 10.8. The van der Waals surface area contributed by atoms with Gasteiger partial charge in [0.1, 0.15) is 0 Å². The van der Waals surface area contributed by atoms with E-state index in [0.717, 1.165) is 28.7 Å². The normalized spacial score (nSPS) is 13.2. The summed E-state index contributed by atoms with van der Waals surface area (Å²) in [6.07, 6.45) is 4.09. The maximum Gasteiger partial charge on any atom is 0.326 e. The highest BCUT2D eigenvalue weighted by atomic mass is 16.2. The van der Waals surface area contributed by atoms with Crippen LogP contribution in [0.5, 0.6) is 0 Å². The Kier molecular flexibility index (Phi) is 2.96. The maximum atomic E-state index is 12.5. The highest BCUT2D eigenvalue weighted by Gasteiger charge is 2.26. The minimum atomic E-state index is -0.149. The van der Waals surface area contributed by atoms with Crippen LogP contribution in [0.4, 0.5) is 16.2 Å². The Balaban J connectivity index is 1.66. The lowest BCUT2D eigenvalue weighted by Crippen LogP contribution is -2.33. The van der Waals surface area contributed by atoms with Gasteiger partial charge in [0.2, 0.25) is 0 Å². The van der Waals surface area contributed by atoms with Crippen LogP contribution in [0.25, 0.3) is 10.9 Å². The van der Waals surface area contributed by atoms with E-state index in [1.165, 1.54) is 0 Å². The molecule has 0 spiro atoms. The van der Waals surface area contributed by atoms with Gasteiger partial charge in [0.25, 0.3) is 0 Å². The van der Waals surface area contributed by atoms with Crippen molar-refractivity contribution >= 4 is 28.3 Å². The quantitative estimate of drug-likeness (QED) is 0.748. The molecule has 0 aliphatic carbocycles. The van der Waals surface area contributed by atoms with Gasteiger partial charge in [-0.2, -0.15) is 0 Å². The van der Waals surface area contributed by atoms with Crippen molar-refractivity contribution in [2.24, 2.45) is 0 Å². The average Bonchev–Trinajstić information content (AvgIpc) is 2.96. The summed E-state index contributed by atoms with van der Waals surface area (Å²) in [5.41, 5.74) is 3.52. The Labute approximate surface area is 127 Å². The van der Waals surface area contributed by atoms with Crippen LogP contribution in [0, 0.1) is 0 Å². The molecule has 0 fully saturated rings. The predicted molar refractivity (Wildman–Crippen MR) is 86.0 cm³/mol. The van der Waals surface area contributed by atoms with Crippen LogP contribution in [-0.2, 0) is 6.42 Å². The maximum absolute atomic E-state index is 12.5. The number of hydrogen-bond donors (Lipinski definition) is 1. The Bertz CT molecular complexity index is 848. The zero-order chi connectivity index (χ0) is 14.9. The molecule has 2 aromatic heterocycles. The van der Waals surface area contributed by atoms with E-state index in [2.05, 4.69) is 15.3 Å². The minimum Gasteiger partial charge on any atom is -0.306 e. The van der Waals surface area contributed by atoms with Crippen LogP contribution in [-0.4, -0.2) is 22.5 Å². The fourth-order valence-corrected chi connectivity index (χ4v) is 2.74. The van der Waals surface area contributed by atoms with Gasteiger partial charge < -0.3 is 5.32 Å². The highest BCUT2D eigenvalue weighted by Crippen LogP contribution is 2.30. The fraction of sp³-hybridized carbons (Fsp3) is 0.118. The van der Waals surface area contributed by atoms with Gasteiger partial charge in [-0.1, -0.05) is 18.2 Å². The van der Waals surface area contributed by atoms with Crippen molar-refractivity contribution in [1.82, 2.24) is 9.97 Å². The molecule has 3 aromatic rings. The molecule has 0 bridgehead atoms. The summed E-state index contributed by atoms with van der Waals surface area (Å²) >= 11 is 0. The van der Waals surface area contributed by atoms with Gasteiger partial charge in [0.15, 0.2) is 0 Å². The van der Waals surface area contributed by atoms with Gasteiger partial charge in [-0.05, 0) is 24.3 Å². The summed E-state index contributed by atoms with van der Waals surface area (Å²) in [5, 5.41) is 3.91. The SMILES string of the molecule is O=C(Nc1cccnc1)N1CCc2nc3ccccc3cc21. The molecule has 1 N–H and O–H groups in total. The van der Waals surface area contributed by atoms with Crippen molar-refractivity contribution in [2.45, 2.75) is 6.42 Å². The number of aromatic nitrogens is 2. The summed E-state index contributed by atoms with van der Waals surface area (Å²) in [6, 6.07) is 13.5. The van der Waals surface area contributed by atoms with Crippen molar-refractivity contribution in [3.63, 3.8) is 0 Å². The molecule has 108 valence electrons. The van der Waals surface area contributed by atoms with Crippen molar-refractivity contribution in [1.29, 1.82) is 0 Å². The van der Waals surface area contributed by atoms with Crippen molar-refractivity contribution in [2.75, 3.05) is 16.8 Å². The summed E-state index contributed by atoms with van der Waals surface area (Å²) in [5.74, 6) is 0. The number of rotatable bonds is 1. The van der Waals surface area contributed by atoms with E-state index >= 15 is 0 Å². The van der Waals surface area contributed by atoms with Crippen LogP contribution in [0.1, 0.15) is 5.69 Å². The Hall–Kier alpha value is -2.95. The van der Waals surface area contributed by atoms with Crippen molar-refractivity contribution < 1.29 is 4.79 Å². The van der Waals surface area contributed by atoms with E-state index in [4.69, 9.17) is 0 Å². The van der Waals surface area contributed by atoms with Gasteiger partial charge in [-0.25, -0.2) is 4.79 Å². The topological polar surface area (TPSA) is 58.1 Å². The Morgan fingerprint density at radius 3 is 2.95 bits per heavy atom. The minimum absolute atomic E-state index is 0.149. The molecular weight excluding hydrogens is 276 g/mol. The van der Waals surface area contributed by atoms with E-state index in [9.17, 15) is 4.79 Å². The number of amides is 2. The summed E-state index contributed by atoms with van der Waals surface area (Å²) in [6.45, 7) is 0.644. The van der Waals surface area contributed by atoms with Crippen LogP contribution in [0.15, 0.2) is 54.9 Å². The number of fused-ring (bicyclic) bond motifs is 2. The lowest BCUT2D eigenvalue weighted by molar-refractivity contribution is 0.257. The van der Waals surface area contributed by atoms with Crippen molar-refractivity contribution in [3.8, 4) is 0 Å². The number of nitrogens with zero attached hydrogens (tertiary/aromatic N) is 3. The third kappa shape index (κ3) is 2.16. The lowest BCUT2D eigenvalue weighted by atomic mass is 10.2. The molecule has 0 saturated carbocycles. The first kappa shape index (κ1) is 12.8. The Morgan fingerprint density at radius 2 is 2.09 bits per heavy atom. The smallest absolute Gasteiger partial charge is 0.306 e. The number of hydrogen-bond acceptors (Lipinski definition) is 3. The number of anilines is 2. The number of urea groups is 1. The second kappa shape index (κ2) is 5.11. The molecule has 1 aromatic carbocycles. The summed E-state index contributed by atoms with van der Waals surface area (Å²) < 4.78 is 0. The Morgan fingerprint density at radius 1 is 1.18 bits per heavy atom. The second-order valence-electron chi connectivity index (χ2n) is 5.22. The van der Waals surface area contributed by atoms with E-state index in [1.807, 2.05) is 36.4 Å². The molecule has 0 atom stereocenters. The molecule has 1 aliphatic rings. The third-order valence-corrected chi connectivity index (χ3v) is 3.80. The standard InChI is InChI=1S/C17H14N4O/c22-17(19-13-5-3-8-18-11-13)21-9-7-15-16(21)10-12-4-1-2-6-14(12)20-15/h1-6,8,10-11H,7,9H2,(H,19,22). The van der Waals surface area contributed by atoms with E-state index in [1.54, 1.807) is 23.4 Å². The van der Waals surface area contributed by atoms with Gasteiger partial charge in [0.05, 0.1) is 28.8 Å². The predicted octanol–water partition coefficient (Wildman–Crippen LogP) is 3.22. The average molecular weight is 290 g/mol. The van der Waals surface area contributed by atoms with E-state index in [-0.39, 0.29) is 6.03 Å². The molecule has 0 saturated heterocycles. The number of pyridine rings is 2. The fourth-order valence-electron chi connectivity index (χ4n) is 2.74. The molecule has 5 nitrogen and oxygen atoms in total. The molecule has 3 heterocycles. The van der Waals surface area contributed by atoms with Crippen LogP contribution in [0.3, 0.4) is 0 Å². The molecule has 22 heavy (non-hydrogen) atoms. The van der Waals surface area contributed by atoms with Crippen LogP contribution >= 0.6 is 0 Å². The van der Waals surface area contributed by atoms with Crippen LogP contribution < -0.4 is 10.2 Å². The molecule has 2 amide bonds. The first-order valence-corrected chi connectivity index (χ1v) is 7.18. The van der Waals surface area contributed by atoms with Crippen LogP contribution in [0.2, 0.25) is 0 Å². The van der Waals surface area contributed by atoms with E-state index in [0.29, 0.717) is 12.2 Å². The zero-order valence-electron chi connectivity index (χ0n) is 11.9. The summed E-state index contributed by atoms with van der Waals surface area (Å²) in [7, 11) is 0. The van der Waals surface area contributed by atoms with Gasteiger partial charge in [-0.3, -0.25) is 14.9 Å². The summed E-state index contributed by atoms with van der Waals surface area (Å²) in [4.78, 5) is 22.9. The molecule has 4 rings (SSSR count). The number of para-hydroxylation sites is 1. The van der Waals surface area contributed by atoms with Gasteiger partial charge >= 0.3 is 6.03 Å². The largest absolute Gasteiger partial charge is 0.326 e. The van der Waals surface area contributed by atoms with Gasteiger partial charge in [0, 0.05) is 24.5 Å². The molecular formula is C17H14N4O.